The molecule has 3 heteroatoms. The van der Waals surface area contributed by atoms with Crippen LogP contribution in [0.5, 0.6) is 0 Å². The third kappa shape index (κ3) is 2.13. The summed E-state index contributed by atoms with van der Waals surface area (Å²) in [5.74, 6) is -0.249. The second-order valence-electron chi connectivity index (χ2n) is 3.22. The van der Waals surface area contributed by atoms with Crippen molar-refractivity contribution in [2.75, 3.05) is 12.4 Å². The van der Waals surface area contributed by atoms with Crippen LogP contribution in [0.1, 0.15) is 0 Å². The van der Waals surface area contributed by atoms with Crippen LogP contribution in [0.25, 0.3) is 11.1 Å². The predicted molar refractivity (Wildman–Crippen MR) is 59.2 cm³/mol. The topological polar surface area (TPSA) is 24.9 Å². The Kier molecular flexibility index (Phi) is 2.63. The number of nitrogens with zero attached hydrogens (tertiary/aromatic N) is 1. The first-order chi connectivity index (χ1) is 7.29. The van der Waals surface area contributed by atoms with E-state index in [1.54, 1.807) is 19.4 Å². The Morgan fingerprint density at radius 2 is 2.07 bits per heavy atom. The van der Waals surface area contributed by atoms with Crippen LogP contribution in [-0.4, -0.2) is 12.0 Å². The first-order valence-electron chi connectivity index (χ1n) is 4.68. The maximum atomic E-state index is 13.2. The zero-order valence-corrected chi connectivity index (χ0v) is 8.37. The van der Waals surface area contributed by atoms with Gasteiger partial charge in [0, 0.05) is 30.7 Å². The summed E-state index contributed by atoms with van der Waals surface area (Å²) in [6, 6.07) is 8.58. The third-order valence-corrected chi connectivity index (χ3v) is 2.18. The summed E-state index contributed by atoms with van der Waals surface area (Å²) in [5, 5.41) is 2.92. The number of rotatable bonds is 2. The van der Waals surface area contributed by atoms with Gasteiger partial charge in [-0.25, -0.2) is 4.39 Å². The predicted octanol–water partition coefficient (Wildman–Crippen LogP) is 2.93. The number of pyridine rings is 1. The fourth-order valence-electron chi connectivity index (χ4n) is 1.43. The molecule has 15 heavy (non-hydrogen) atoms. The van der Waals surface area contributed by atoms with Crippen LogP contribution in [0.2, 0.25) is 0 Å². The van der Waals surface area contributed by atoms with Crippen molar-refractivity contribution >= 4 is 5.69 Å². The van der Waals surface area contributed by atoms with E-state index >= 15 is 0 Å². The number of benzene rings is 1. The molecule has 0 aliphatic carbocycles. The molecule has 2 nitrogen and oxygen atoms in total. The van der Waals surface area contributed by atoms with E-state index in [2.05, 4.69) is 10.3 Å². The normalized spacial score (nSPS) is 10.0. The molecule has 0 saturated carbocycles. The highest BCUT2D eigenvalue weighted by Gasteiger charge is 2.01. The molecule has 0 aliphatic heterocycles. The van der Waals surface area contributed by atoms with Gasteiger partial charge in [0.05, 0.1) is 0 Å². The summed E-state index contributed by atoms with van der Waals surface area (Å²) in [7, 11) is 1.77. The van der Waals surface area contributed by atoms with Crippen LogP contribution < -0.4 is 5.32 Å². The molecule has 76 valence electrons. The van der Waals surface area contributed by atoms with Crippen LogP contribution in [0.15, 0.2) is 42.7 Å². The molecule has 1 aromatic heterocycles. The number of aromatic nitrogens is 1. The first kappa shape index (κ1) is 9.65. The molecule has 1 aromatic carbocycles. The minimum atomic E-state index is -0.249. The highest BCUT2D eigenvalue weighted by atomic mass is 19.1. The van der Waals surface area contributed by atoms with Gasteiger partial charge in [-0.15, -0.1) is 0 Å². The van der Waals surface area contributed by atoms with Gasteiger partial charge in [-0.1, -0.05) is 6.07 Å². The lowest BCUT2D eigenvalue weighted by molar-refractivity contribution is 0.629. The van der Waals surface area contributed by atoms with Crippen molar-refractivity contribution in [3.63, 3.8) is 0 Å². The van der Waals surface area contributed by atoms with Gasteiger partial charge in [0.15, 0.2) is 0 Å². The van der Waals surface area contributed by atoms with Crippen LogP contribution in [0, 0.1) is 5.82 Å². The molecule has 0 spiro atoms. The molecular weight excluding hydrogens is 191 g/mol. The molecule has 1 heterocycles. The summed E-state index contributed by atoms with van der Waals surface area (Å²) < 4.78 is 13.2. The zero-order chi connectivity index (χ0) is 10.7. The average Bonchev–Trinajstić information content (AvgIpc) is 2.29. The van der Waals surface area contributed by atoms with E-state index < -0.39 is 0 Å². The zero-order valence-electron chi connectivity index (χ0n) is 8.37. The molecule has 0 unspecified atom stereocenters. The van der Waals surface area contributed by atoms with Gasteiger partial charge in [-0.3, -0.25) is 4.98 Å². The van der Waals surface area contributed by atoms with Gasteiger partial charge in [-0.05, 0) is 29.8 Å². The fourth-order valence-corrected chi connectivity index (χ4v) is 1.43. The minimum absolute atomic E-state index is 0.249. The summed E-state index contributed by atoms with van der Waals surface area (Å²) >= 11 is 0. The fraction of sp³-hybridized carbons (Fsp3) is 0.0833. The van der Waals surface area contributed by atoms with Crippen molar-refractivity contribution in [1.29, 1.82) is 0 Å². The summed E-state index contributed by atoms with van der Waals surface area (Å²) in [4.78, 5) is 4.00. The maximum absolute atomic E-state index is 13.2. The number of nitrogens with one attached hydrogen (secondary N) is 1. The molecule has 0 saturated heterocycles. The van der Waals surface area contributed by atoms with Gasteiger partial charge in [0.2, 0.25) is 0 Å². The smallest absolute Gasteiger partial charge is 0.125 e. The van der Waals surface area contributed by atoms with Gasteiger partial charge in [0.25, 0.3) is 0 Å². The highest BCUT2D eigenvalue weighted by Crippen LogP contribution is 2.23. The molecule has 2 rings (SSSR count). The van der Waals surface area contributed by atoms with E-state index in [1.165, 1.54) is 12.1 Å². The van der Waals surface area contributed by atoms with Crippen LogP contribution >= 0.6 is 0 Å². The molecule has 1 N–H and O–H groups in total. The van der Waals surface area contributed by atoms with Gasteiger partial charge in [-0.2, -0.15) is 0 Å². The molecule has 0 bridgehead atoms. The van der Waals surface area contributed by atoms with E-state index in [-0.39, 0.29) is 5.82 Å². The van der Waals surface area contributed by atoms with E-state index in [4.69, 9.17) is 0 Å². The largest absolute Gasteiger partial charge is 0.388 e. The summed E-state index contributed by atoms with van der Waals surface area (Å²) in [5.41, 5.74) is 2.50. The lowest BCUT2D eigenvalue weighted by atomic mass is 10.1. The lowest BCUT2D eigenvalue weighted by Gasteiger charge is -2.05. The van der Waals surface area contributed by atoms with Crippen molar-refractivity contribution in [2.45, 2.75) is 0 Å². The second-order valence-corrected chi connectivity index (χ2v) is 3.22. The molecular formula is C12H11FN2. The van der Waals surface area contributed by atoms with Gasteiger partial charge < -0.3 is 5.32 Å². The van der Waals surface area contributed by atoms with Crippen molar-refractivity contribution in [3.05, 3.63) is 48.5 Å². The average molecular weight is 202 g/mol. The minimum Gasteiger partial charge on any atom is -0.388 e. The van der Waals surface area contributed by atoms with Crippen molar-refractivity contribution in [3.8, 4) is 11.1 Å². The summed E-state index contributed by atoms with van der Waals surface area (Å²) in [6.07, 6.45) is 3.41. The number of halogens is 1. The molecule has 0 fully saturated rings. The molecule has 0 atom stereocenters. The Hall–Kier alpha value is -1.90. The van der Waals surface area contributed by atoms with E-state index in [9.17, 15) is 4.39 Å². The van der Waals surface area contributed by atoms with Gasteiger partial charge in [0.1, 0.15) is 5.82 Å². The number of anilines is 1. The Morgan fingerprint density at radius 3 is 2.73 bits per heavy atom. The Balaban J connectivity index is 2.49. The van der Waals surface area contributed by atoms with Crippen molar-refractivity contribution in [2.24, 2.45) is 0 Å². The first-order valence-corrected chi connectivity index (χ1v) is 4.68. The van der Waals surface area contributed by atoms with Crippen molar-refractivity contribution < 1.29 is 4.39 Å². The van der Waals surface area contributed by atoms with Crippen molar-refractivity contribution in [1.82, 2.24) is 4.98 Å². The summed E-state index contributed by atoms with van der Waals surface area (Å²) in [6.45, 7) is 0. The Morgan fingerprint density at radius 1 is 1.20 bits per heavy atom. The van der Waals surface area contributed by atoms with Gasteiger partial charge >= 0.3 is 0 Å². The number of hydrogen-bond donors (Lipinski definition) is 1. The Bertz CT molecular complexity index is 454. The van der Waals surface area contributed by atoms with E-state index in [1.807, 2.05) is 18.2 Å². The van der Waals surface area contributed by atoms with E-state index in [0.29, 0.717) is 0 Å². The molecule has 0 aliphatic rings. The molecule has 0 radical (unpaired) electrons. The third-order valence-electron chi connectivity index (χ3n) is 2.18. The van der Waals surface area contributed by atoms with Crippen LogP contribution in [0.4, 0.5) is 10.1 Å². The molecule has 2 aromatic rings. The lowest BCUT2D eigenvalue weighted by Crippen LogP contribution is -1.90. The second kappa shape index (κ2) is 4.09. The quantitative estimate of drug-likeness (QED) is 0.809. The highest BCUT2D eigenvalue weighted by molar-refractivity contribution is 5.67. The Labute approximate surface area is 87.8 Å². The van der Waals surface area contributed by atoms with Crippen LogP contribution in [-0.2, 0) is 0 Å². The standard InChI is InChI=1S/C12H11FN2/c1-14-12-6-10(5-11(13)7-12)9-3-2-4-15-8-9/h2-8,14H,1H3. The maximum Gasteiger partial charge on any atom is 0.125 e. The SMILES string of the molecule is CNc1cc(F)cc(-c2cccnc2)c1. The molecule has 0 amide bonds. The number of hydrogen-bond acceptors (Lipinski definition) is 2. The monoisotopic (exact) mass is 202 g/mol. The van der Waals surface area contributed by atoms with E-state index in [0.717, 1.165) is 16.8 Å². The van der Waals surface area contributed by atoms with Crippen LogP contribution in [0.3, 0.4) is 0 Å².